The van der Waals surface area contributed by atoms with Crippen LogP contribution in [0.2, 0.25) is 0 Å². The highest BCUT2D eigenvalue weighted by Gasteiger charge is 2.16. The van der Waals surface area contributed by atoms with Gasteiger partial charge in [-0.05, 0) is 19.1 Å². The van der Waals surface area contributed by atoms with Crippen molar-refractivity contribution in [2.24, 2.45) is 0 Å². The Kier molecular flexibility index (Phi) is 5.06. The van der Waals surface area contributed by atoms with Crippen LogP contribution in [0.3, 0.4) is 0 Å². The van der Waals surface area contributed by atoms with Crippen molar-refractivity contribution < 1.29 is 19.0 Å². The van der Waals surface area contributed by atoms with E-state index in [-0.39, 0.29) is 12.2 Å². The van der Waals surface area contributed by atoms with E-state index in [1.807, 2.05) is 0 Å². The number of ketones is 1. The average molecular weight is 248 g/mol. The lowest BCUT2D eigenvalue weighted by Gasteiger charge is -2.13. The van der Waals surface area contributed by atoms with Crippen LogP contribution >= 0.6 is 0 Å². The lowest BCUT2D eigenvalue weighted by molar-refractivity contribution is 0.0997. The van der Waals surface area contributed by atoms with Gasteiger partial charge in [0.25, 0.3) is 0 Å². The number of hydrogen-bond acceptors (Lipinski definition) is 4. The summed E-state index contributed by atoms with van der Waals surface area (Å²) in [4.78, 5) is 11.9. The van der Waals surface area contributed by atoms with Gasteiger partial charge in [0.15, 0.2) is 17.3 Å². The van der Waals surface area contributed by atoms with Crippen LogP contribution in [0.5, 0.6) is 17.2 Å². The summed E-state index contributed by atoms with van der Waals surface area (Å²) < 4.78 is 15.5. The van der Waals surface area contributed by atoms with Crippen molar-refractivity contribution in [3.05, 3.63) is 17.7 Å². The van der Waals surface area contributed by atoms with Gasteiger partial charge in [-0.15, -0.1) is 5.92 Å². The lowest BCUT2D eigenvalue weighted by atomic mass is 10.1. The topological polar surface area (TPSA) is 44.8 Å². The zero-order valence-corrected chi connectivity index (χ0v) is 11.0. The molecule has 0 amide bonds. The molecular weight excluding hydrogens is 232 g/mol. The molecule has 1 rings (SSSR count). The van der Waals surface area contributed by atoms with E-state index in [9.17, 15) is 4.79 Å². The zero-order valence-electron chi connectivity index (χ0n) is 11.0. The first-order valence-electron chi connectivity index (χ1n) is 5.40. The van der Waals surface area contributed by atoms with Crippen molar-refractivity contribution in [1.82, 2.24) is 0 Å². The van der Waals surface area contributed by atoms with Gasteiger partial charge in [0.1, 0.15) is 0 Å². The normalized spacial score (nSPS) is 9.11. The Morgan fingerprint density at radius 1 is 1.11 bits per heavy atom. The highest BCUT2D eigenvalue weighted by molar-refractivity contribution is 5.98. The average Bonchev–Trinajstić information content (AvgIpc) is 2.42. The predicted molar refractivity (Wildman–Crippen MR) is 68.5 cm³/mol. The molecule has 4 heteroatoms. The summed E-state index contributed by atoms with van der Waals surface area (Å²) in [6, 6.07) is 3.25. The van der Waals surface area contributed by atoms with Gasteiger partial charge < -0.3 is 14.2 Å². The highest BCUT2D eigenvalue weighted by atomic mass is 16.5. The Labute approximate surface area is 107 Å². The molecule has 96 valence electrons. The van der Waals surface area contributed by atoms with Gasteiger partial charge in [0.05, 0.1) is 27.8 Å². The third-order valence-corrected chi connectivity index (χ3v) is 2.41. The van der Waals surface area contributed by atoms with Gasteiger partial charge in [0, 0.05) is 5.56 Å². The fourth-order valence-corrected chi connectivity index (χ4v) is 1.51. The SMILES string of the molecule is CC#CCC(=O)c1cc(OC)c(OC)c(OC)c1. The Morgan fingerprint density at radius 2 is 1.67 bits per heavy atom. The first-order chi connectivity index (χ1) is 8.67. The summed E-state index contributed by atoms with van der Waals surface area (Å²) in [7, 11) is 4.54. The van der Waals surface area contributed by atoms with Gasteiger partial charge in [0.2, 0.25) is 5.75 Å². The van der Waals surface area contributed by atoms with Crippen LogP contribution in [0.4, 0.5) is 0 Å². The molecule has 0 saturated carbocycles. The summed E-state index contributed by atoms with van der Waals surface area (Å²) in [6.07, 6.45) is 0.176. The van der Waals surface area contributed by atoms with Crippen molar-refractivity contribution in [2.75, 3.05) is 21.3 Å². The van der Waals surface area contributed by atoms with Gasteiger partial charge in [-0.2, -0.15) is 0 Å². The summed E-state index contributed by atoms with van der Waals surface area (Å²) >= 11 is 0. The fourth-order valence-electron chi connectivity index (χ4n) is 1.51. The number of carbonyl (C=O) groups is 1. The minimum Gasteiger partial charge on any atom is -0.493 e. The number of Topliss-reactive ketones (excluding diaryl/α,β-unsaturated/α-hetero) is 1. The second kappa shape index (κ2) is 6.55. The Morgan fingerprint density at radius 3 is 2.06 bits per heavy atom. The summed E-state index contributed by atoms with van der Waals surface area (Å²) in [6.45, 7) is 1.70. The maximum absolute atomic E-state index is 11.9. The number of carbonyl (C=O) groups excluding carboxylic acids is 1. The minimum absolute atomic E-state index is 0.0800. The van der Waals surface area contributed by atoms with E-state index in [0.717, 1.165) is 0 Å². The molecule has 0 N–H and O–H groups in total. The lowest BCUT2D eigenvalue weighted by Crippen LogP contribution is -2.02. The molecule has 4 nitrogen and oxygen atoms in total. The van der Waals surface area contributed by atoms with Crippen molar-refractivity contribution in [1.29, 1.82) is 0 Å². The maximum atomic E-state index is 11.9. The first-order valence-corrected chi connectivity index (χ1v) is 5.40. The van der Waals surface area contributed by atoms with Crippen LogP contribution in [0.15, 0.2) is 12.1 Å². The Balaban J connectivity index is 3.21. The molecule has 0 fully saturated rings. The van der Waals surface area contributed by atoms with Gasteiger partial charge in [-0.1, -0.05) is 5.92 Å². The van der Waals surface area contributed by atoms with Crippen LogP contribution in [0.25, 0.3) is 0 Å². The number of rotatable bonds is 5. The summed E-state index contributed by atoms with van der Waals surface area (Å²) in [5.74, 6) is 6.74. The summed E-state index contributed by atoms with van der Waals surface area (Å²) in [5, 5.41) is 0. The molecule has 1 aromatic rings. The second-order valence-corrected chi connectivity index (χ2v) is 3.44. The number of ether oxygens (including phenoxy) is 3. The third-order valence-electron chi connectivity index (χ3n) is 2.41. The number of methoxy groups -OCH3 is 3. The van der Waals surface area contributed by atoms with Crippen molar-refractivity contribution in [3.63, 3.8) is 0 Å². The van der Waals surface area contributed by atoms with E-state index >= 15 is 0 Å². The molecule has 0 bridgehead atoms. The quantitative estimate of drug-likeness (QED) is 0.592. The molecule has 0 aliphatic carbocycles. The molecule has 0 heterocycles. The predicted octanol–water partition coefficient (Wildman–Crippen LogP) is 2.31. The molecule has 0 aromatic heterocycles. The van der Waals surface area contributed by atoms with E-state index in [0.29, 0.717) is 22.8 Å². The van der Waals surface area contributed by atoms with Gasteiger partial charge in [-0.25, -0.2) is 0 Å². The first kappa shape index (κ1) is 13.9. The molecule has 0 atom stereocenters. The molecule has 0 saturated heterocycles. The molecule has 0 aliphatic heterocycles. The van der Waals surface area contributed by atoms with Crippen molar-refractivity contribution in [2.45, 2.75) is 13.3 Å². The van der Waals surface area contributed by atoms with Gasteiger partial charge >= 0.3 is 0 Å². The van der Waals surface area contributed by atoms with Crippen molar-refractivity contribution in [3.8, 4) is 29.1 Å². The molecule has 0 spiro atoms. The van der Waals surface area contributed by atoms with Crippen LogP contribution in [0, 0.1) is 11.8 Å². The molecule has 0 aliphatic rings. The fraction of sp³-hybridized carbons (Fsp3) is 0.357. The summed E-state index contributed by atoms with van der Waals surface area (Å²) in [5.41, 5.74) is 0.493. The van der Waals surface area contributed by atoms with E-state index in [2.05, 4.69) is 11.8 Å². The standard InChI is InChI=1S/C14H16O4/c1-5-6-7-11(15)10-8-12(16-2)14(18-4)13(9-10)17-3/h8-9H,7H2,1-4H3. The smallest absolute Gasteiger partial charge is 0.203 e. The van der Waals surface area contributed by atoms with Crippen molar-refractivity contribution >= 4 is 5.78 Å². The highest BCUT2D eigenvalue weighted by Crippen LogP contribution is 2.38. The van der Waals surface area contributed by atoms with Crippen LogP contribution in [-0.4, -0.2) is 27.1 Å². The van der Waals surface area contributed by atoms with Crippen LogP contribution < -0.4 is 14.2 Å². The monoisotopic (exact) mass is 248 g/mol. The van der Waals surface area contributed by atoms with E-state index in [4.69, 9.17) is 14.2 Å². The van der Waals surface area contributed by atoms with E-state index in [1.165, 1.54) is 21.3 Å². The number of hydrogen-bond donors (Lipinski definition) is 0. The van der Waals surface area contributed by atoms with Gasteiger partial charge in [-0.3, -0.25) is 4.79 Å². The zero-order chi connectivity index (χ0) is 13.5. The molecule has 0 unspecified atom stereocenters. The molecular formula is C14H16O4. The third kappa shape index (κ3) is 2.95. The number of benzene rings is 1. The Bertz CT molecular complexity index is 469. The molecule has 1 aromatic carbocycles. The van der Waals surface area contributed by atoms with Crippen LogP contribution in [-0.2, 0) is 0 Å². The molecule has 18 heavy (non-hydrogen) atoms. The largest absolute Gasteiger partial charge is 0.493 e. The van der Waals surface area contributed by atoms with Crippen LogP contribution in [0.1, 0.15) is 23.7 Å². The van der Waals surface area contributed by atoms with E-state index in [1.54, 1.807) is 19.1 Å². The van der Waals surface area contributed by atoms with E-state index < -0.39 is 0 Å². The molecule has 0 radical (unpaired) electrons. The Hall–Kier alpha value is -2.15. The second-order valence-electron chi connectivity index (χ2n) is 3.44. The maximum Gasteiger partial charge on any atom is 0.203 e. The minimum atomic E-state index is -0.0800.